The van der Waals surface area contributed by atoms with E-state index >= 15 is 0 Å². The molecule has 0 amide bonds. The molecular formula is C15H20ClN3. The minimum absolute atomic E-state index is 0.751. The summed E-state index contributed by atoms with van der Waals surface area (Å²) in [6.45, 7) is 6.15. The monoisotopic (exact) mass is 277 g/mol. The number of benzene rings is 1. The quantitative estimate of drug-likeness (QED) is 0.874. The van der Waals surface area contributed by atoms with E-state index in [0.717, 1.165) is 36.6 Å². The van der Waals surface area contributed by atoms with E-state index in [0.29, 0.717) is 0 Å². The van der Waals surface area contributed by atoms with Crippen molar-refractivity contribution in [3.8, 4) is 5.69 Å². The third-order valence-corrected chi connectivity index (χ3v) is 3.33. The lowest BCUT2D eigenvalue weighted by atomic mass is 10.1. The molecule has 0 fully saturated rings. The van der Waals surface area contributed by atoms with Gasteiger partial charge in [-0.25, -0.2) is 4.68 Å². The van der Waals surface area contributed by atoms with Gasteiger partial charge in [-0.15, -0.1) is 0 Å². The van der Waals surface area contributed by atoms with Gasteiger partial charge in [0.25, 0.3) is 0 Å². The highest BCUT2D eigenvalue weighted by atomic mass is 35.5. The maximum Gasteiger partial charge on any atom is 0.0649 e. The van der Waals surface area contributed by atoms with Gasteiger partial charge < -0.3 is 5.32 Å². The summed E-state index contributed by atoms with van der Waals surface area (Å²) in [6.07, 6.45) is 4.10. The molecule has 19 heavy (non-hydrogen) atoms. The van der Waals surface area contributed by atoms with Crippen LogP contribution in [0.4, 0.5) is 0 Å². The number of hydrogen-bond acceptors (Lipinski definition) is 2. The zero-order valence-electron chi connectivity index (χ0n) is 11.5. The zero-order valence-corrected chi connectivity index (χ0v) is 12.2. The van der Waals surface area contributed by atoms with Gasteiger partial charge in [-0.3, -0.25) is 0 Å². The summed E-state index contributed by atoms with van der Waals surface area (Å²) in [5, 5.41) is 8.63. The fourth-order valence-corrected chi connectivity index (χ4v) is 2.25. The van der Waals surface area contributed by atoms with Crippen LogP contribution in [0.3, 0.4) is 0 Å². The molecule has 0 radical (unpaired) electrons. The Hall–Kier alpha value is -1.32. The molecule has 0 aliphatic carbocycles. The van der Waals surface area contributed by atoms with Crippen LogP contribution in [0.1, 0.15) is 31.5 Å². The normalized spacial score (nSPS) is 10.9. The topological polar surface area (TPSA) is 29.9 Å². The Morgan fingerprint density at radius 3 is 2.58 bits per heavy atom. The highest BCUT2D eigenvalue weighted by Gasteiger charge is 2.11. The van der Waals surface area contributed by atoms with Crippen molar-refractivity contribution in [2.75, 3.05) is 6.54 Å². The van der Waals surface area contributed by atoms with Crippen LogP contribution in [0, 0.1) is 0 Å². The Balaban J connectivity index is 2.33. The molecule has 2 rings (SSSR count). The van der Waals surface area contributed by atoms with Crippen molar-refractivity contribution in [1.82, 2.24) is 15.1 Å². The standard InChI is InChI=1S/C15H20ClN3/c1-3-5-15-12(10-17-4-2)11-18-19(15)14-8-6-13(16)7-9-14/h6-9,11,17H,3-5,10H2,1-2H3. The summed E-state index contributed by atoms with van der Waals surface area (Å²) in [5.41, 5.74) is 3.63. The van der Waals surface area contributed by atoms with Gasteiger partial charge >= 0.3 is 0 Å². The van der Waals surface area contributed by atoms with Crippen LogP contribution in [-0.2, 0) is 13.0 Å². The number of aromatic nitrogens is 2. The average Bonchev–Trinajstić information content (AvgIpc) is 2.81. The van der Waals surface area contributed by atoms with Crippen molar-refractivity contribution in [2.45, 2.75) is 33.2 Å². The van der Waals surface area contributed by atoms with Gasteiger partial charge in [0.15, 0.2) is 0 Å². The summed E-state index contributed by atoms with van der Waals surface area (Å²) in [4.78, 5) is 0. The zero-order chi connectivity index (χ0) is 13.7. The summed E-state index contributed by atoms with van der Waals surface area (Å²) < 4.78 is 2.02. The Kier molecular flexibility index (Phi) is 5.00. The predicted molar refractivity (Wildman–Crippen MR) is 79.9 cm³/mol. The van der Waals surface area contributed by atoms with Gasteiger partial charge in [-0.1, -0.05) is 31.9 Å². The van der Waals surface area contributed by atoms with Gasteiger partial charge in [0.1, 0.15) is 0 Å². The third-order valence-electron chi connectivity index (χ3n) is 3.08. The maximum absolute atomic E-state index is 5.93. The van der Waals surface area contributed by atoms with Crippen molar-refractivity contribution in [3.63, 3.8) is 0 Å². The smallest absolute Gasteiger partial charge is 0.0649 e. The molecule has 0 saturated heterocycles. The van der Waals surface area contributed by atoms with Crippen LogP contribution >= 0.6 is 11.6 Å². The molecule has 0 aliphatic heterocycles. The molecule has 1 aromatic carbocycles. The number of rotatable bonds is 6. The first kappa shape index (κ1) is 14.1. The van der Waals surface area contributed by atoms with Gasteiger partial charge in [-0.2, -0.15) is 5.10 Å². The fraction of sp³-hybridized carbons (Fsp3) is 0.400. The predicted octanol–water partition coefficient (Wildman–Crippen LogP) is 3.59. The van der Waals surface area contributed by atoms with Gasteiger partial charge in [0.2, 0.25) is 0 Å². The van der Waals surface area contributed by atoms with Gasteiger partial charge in [0, 0.05) is 22.8 Å². The summed E-state index contributed by atoms with van der Waals surface area (Å²) >= 11 is 5.93. The van der Waals surface area contributed by atoms with E-state index in [-0.39, 0.29) is 0 Å². The van der Waals surface area contributed by atoms with Crippen molar-refractivity contribution < 1.29 is 0 Å². The first-order valence-corrected chi connectivity index (χ1v) is 7.16. The molecule has 4 heteroatoms. The van der Waals surface area contributed by atoms with Crippen molar-refractivity contribution in [1.29, 1.82) is 0 Å². The minimum atomic E-state index is 0.751. The summed E-state index contributed by atoms with van der Waals surface area (Å²) in [5.74, 6) is 0. The second-order valence-electron chi connectivity index (χ2n) is 4.54. The van der Waals surface area contributed by atoms with Gasteiger partial charge in [0.05, 0.1) is 11.9 Å². The summed E-state index contributed by atoms with van der Waals surface area (Å²) in [7, 11) is 0. The largest absolute Gasteiger partial charge is 0.313 e. The molecule has 2 aromatic rings. The van der Waals surface area contributed by atoms with E-state index in [2.05, 4.69) is 24.3 Å². The maximum atomic E-state index is 5.93. The van der Waals surface area contributed by atoms with E-state index < -0.39 is 0 Å². The van der Waals surface area contributed by atoms with E-state index in [1.54, 1.807) is 0 Å². The van der Waals surface area contributed by atoms with Crippen molar-refractivity contribution in [3.05, 3.63) is 46.7 Å². The van der Waals surface area contributed by atoms with Crippen molar-refractivity contribution in [2.24, 2.45) is 0 Å². The van der Waals surface area contributed by atoms with Crippen LogP contribution in [0.15, 0.2) is 30.5 Å². The average molecular weight is 278 g/mol. The van der Waals surface area contributed by atoms with Crippen LogP contribution in [-0.4, -0.2) is 16.3 Å². The Labute approximate surface area is 119 Å². The molecule has 0 saturated carbocycles. The number of halogens is 1. The molecule has 1 heterocycles. The molecule has 0 unspecified atom stereocenters. The van der Waals surface area contributed by atoms with E-state index in [1.807, 2.05) is 35.1 Å². The van der Waals surface area contributed by atoms with Crippen LogP contribution < -0.4 is 5.32 Å². The molecule has 102 valence electrons. The number of nitrogens with zero attached hydrogens (tertiary/aromatic N) is 2. The molecule has 3 nitrogen and oxygen atoms in total. The number of hydrogen-bond donors (Lipinski definition) is 1. The Morgan fingerprint density at radius 1 is 1.21 bits per heavy atom. The molecular weight excluding hydrogens is 258 g/mol. The van der Waals surface area contributed by atoms with E-state index in [1.165, 1.54) is 11.3 Å². The van der Waals surface area contributed by atoms with Crippen LogP contribution in [0.5, 0.6) is 0 Å². The van der Waals surface area contributed by atoms with Crippen LogP contribution in [0.2, 0.25) is 5.02 Å². The second-order valence-corrected chi connectivity index (χ2v) is 4.97. The summed E-state index contributed by atoms with van der Waals surface area (Å²) in [6, 6.07) is 7.81. The molecule has 0 bridgehead atoms. The molecule has 0 aliphatic rings. The second kappa shape index (κ2) is 6.73. The SMILES string of the molecule is CCCc1c(CNCC)cnn1-c1ccc(Cl)cc1. The lowest BCUT2D eigenvalue weighted by Crippen LogP contribution is -2.13. The first-order valence-electron chi connectivity index (χ1n) is 6.78. The highest BCUT2D eigenvalue weighted by Crippen LogP contribution is 2.18. The van der Waals surface area contributed by atoms with Gasteiger partial charge in [-0.05, 0) is 37.2 Å². The third kappa shape index (κ3) is 3.37. The number of nitrogens with one attached hydrogen (secondary N) is 1. The minimum Gasteiger partial charge on any atom is -0.313 e. The lowest BCUT2D eigenvalue weighted by molar-refractivity contribution is 0.707. The first-order chi connectivity index (χ1) is 9.26. The van der Waals surface area contributed by atoms with Crippen LogP contribution in [0.25, 0.3) is 5.69 Å². The Bertz CT molecular complexity index is 517. The molecule has 0 atom stereocenters. The highest BCUT2D eigenvalue weighted by molar-refractivity contribution is 6.30. The van der Waals surface area contributed by atoms with Crippen molar-refractivity contribution >= 4 is 11.6 Å². The molecule has 1 N–H and O–H groups in total. The lowest BCUT2D eigenvalue weighted by Gasteiger charge is -2.09. The van der Waals surface area contributed by atoms with E-state index in [9.17, 15) is 0 Å². The van der Waals surface area contributed by atoms with E-state index in [4.69, 9.17) is 11.6 Å². The Morgan fingerprint density at radius 2 is 1.95 bits per heavy atom. The fourth-order valence-electron chi connectivity index (χ4n) is 2.12. The molecule has 1 aromatic heterocycles. The molecule has 0 spiro atoms.